The standard InChI is InChI=1S/C14H22ClNO2S/c1-13(2)9-4-5-14(13,3)11(6-9)18-7-10(12(15)17)19-8-16/h9-12,17H,4-7H2,1-3H3. The van der Waals surface area contributed by atoms with Crippen molar-refractivity contribution < 1.29 is 9.84 Å². The molecule has 0 spiro atoms. The number of alkyl halides is 1. The monoisotopic (exact) mass is 303 g/mol. The molecule has 2 aliphatic carbocycles. The van der Waals surface area contributed by atoms with Crippen molar-refractivity contribution in [2.45, 2.75) is 57.0 Å². The number of rotatable bonds is 5. The zero-order valence-electron chi connectivity index (χ0n) is 11.7. The Kier molecular flexibility index (Phi) is 4.42. The van der Waals surface area contributed by atoms with Gasteiger partial charge in [0.1, 0.15) is 11.0 Å². The van der Waals surface area contributed by atoms with Gasteiger partial charge in [-0.2, -0.15) is 5.26 Å². The largest absolute Gasteiger partial charge is 0.376 e. The van der Waals surface area contributed by atoms with Crippen LogP contribution in [0.2, 0.25) is 0 Å². The van der Waals surface area contributed by atoms with Gasteiger partial charge in [-0.1, -0.05) is 32.4 Å². The van der Waals surface area contributed by atoms with Gasteiger partial charge in [0.05, 0.1) is 18.0 Å². The van der Waals surface area contributed by atoms with E-state index in [1.54, 1.807) is 0 Å². The number of thiocyanates is 1. The molecule has 0 amide bonds. The highest BCUT2D eigenvalue weighted by molar-refractivity contribution is 8.04. The second-order valence-electron chi connectivity index (χ2n) is 6.55. The third-order valence-electron chi connectivity index (χ3n) is 5.69. The number of aliphatic hydroxyl groups excluding tert-OH is 1. The fourth-order valence-electron chi connectivity index (χ4n) is 3.83. The minimum absolute atomic E-state index is 0.205. The van der Waals surface area contributed by atoms with Gasteiger partial charge in [-0.05, 0) is 47.8 Å². The second-order valence-corrected chi connectivity index (χ2v) is 8.02. The highest BCUT2D eigenvalue weighted by atomic mass is 35.5. The summed E-state index contributed by atoms with van der Waals surface area (Å²) in [5, 5.41) is 19.7. The van der Waals surface area contributed by atoms with Gasteiger partial charge in [-0.25, -0.2) is 0 Å². The lowest BCUT2D eigenvalue weighted by Crippen LogP contribution is -2.39. The van der Waals surface area contributed by atoms with Crippen molar-refractivity contribution in [2.24, 2.45) is 16.7 Å². The van der Waals surface area contributed by atoms with E-state index in [9.17, 15) is 5.11 Å². The lowest BCUT2D eigenvalue weighted by Gasteiger charge is -2.39. The molecule has 0 aliphatic heterocycles. The number of aliphatic hydroxyl groups is 1. The quantitative estimate of drug-likeness (QED) is 0.625. The van der Waals surface area contributed by atoms with Crippen molar-refractivity contribution in [2.75, 3.05) is 6.61 Å². The fourth-order valence-corrected chi connectivity index (χ4v) is 4.45. The van der Waals surface area contributed by atoms with Crippen molar-refractivity contribution in [1.82, 2.24) is 0 Å². The normalized spacial score (nSPS) is 38.9. The summed E-state index contributed by atoms with van der Waals surface area (Å²) in [5.74, 6) is 0.727. The van der Waals surface area contributed by atoms with Gasteiger partial charge in [0.25, 0.3) is 0 Å². The molecule has 5 atom stereocenters. The zero-order valence-corrected chi connectivity index (χ0v) is 13.3. The van der Waals surface area contributed by atoms with E-state index < -0.39 is 5.56 Å². The van der Waals surface area contributed by atoms with Gasteiger partial charge in [-0.15, -0.1) is 0 Å². The molecule has 0 radical (unpaired) electrons. The van der Waals surface area contributed by atoms with Crippen molar-refractivity contribution in [1.29, 1.82) is 5.26 Å². The Bertz CT molecular complexity index is 382. The van der Waals surface area contributed by atoms with Gasteiger partial charge < -0.3 is 9.84 Å². The predicted octanol–water partition coefficient (Wildman–Crippen LogP) is 3.36. The van der Waals surface area contributed by atoms with Crippen LogP contribution in [0.4, 0.5) is 0 Å². The highest BCUT2D eigenvalue weighted by Crippen LogP contribution is 2.66. The number of halogens is 1. The molecule has 2 aliphatic rings. The van der Waals surface area contributed by atoms with Gasteiger partial charge >= 0.3 is 0 Å². The van der Waals surface area contributed by atoms with Crippen LogP contribution in [0.3, 0.4) is 0 Å². The molecule has 3 nitrogen and oxygen atoms in total. The van der Waals surface area contributed by atoms with Crippen molar-refractivity contribution in [3.8, 4) is 5.40 Å². The first-order valence-corrected chi connectivity index (χ1v) is 8.13. The first-order valence-electron chi connectivity index (χ1n) is 6.81. The Hall–Kier alpha value is 0.0500. The van der Waals surface area contributed by atoms with E-state index in [0.29, 0.717) is 12.0 Å². The van der Waals surface area contributed by atoms with Crippen LogP contribution in [-0.4, -0.2) is 28.6 Å². The number of nitriles is 1. The van der Waals surface area contributed by atoms with Gasteiger partial charge in [0.15, 0.2) is 0 Å². The Morgan fingerprint density at radius 3 is 2.63 bits per heavy atom. The molecule has 0 heterocycles. The second kappa shape index (κ2) is 5.44. The fraction of sp³-hybridized carbons (Fsp3) is 0.929. The number of hydrogen-bond donors (Lipinski definition) is 1. The molecule has 0 aromatic carbocycles. The van der Waals surface area contributed by atoms with Crippen LogP contribution in [0, 0.1) is 27.4 Å². The minimum Gasteiger partial charge on any atom is -0.376 e. The van der Waals surface area contributed by atoms with Crippen molar-refractivity contribution in [3.63, 3.8) is 0 Å². The summed E-state index contributed by atoms with van der Waals surface area (Å²) in [5.41, 5.74) is -0.518. The maximum atomic E-state index is 9.43. The van der Waals surface area contributed by atoms with E-state index in [1.807, 2.05) is 5.40 Å². The third-order valence-corrected chi connectivity index (χ3v) is 6.94. The average molecular weight is 304 g/mol. The predicted molar refractivity (Wildman–Crippen MR) is 77.8 cm³/mol. The summed E-state index contributed by atoms with van der Waals surface area (Å²) in [7, 11) is 0. The van der Waals surface area contributed by atoms with E-state index in [4.69, 9.17) is 21.6 Å². The van der Waals surface area contributed by atoms with Gasteiger partial charge in [-0.3, -0.25) is 0 Å². The number of fused-ring (bicyclic) bond motifs is 2. The van der Waals surface area contributed by atoms with E-state index in [1.165, 1.54) is 12.8 Å². The van der Waals surface area contributed by atoms with Crippen LogP contribution in [0.1, 0.15) is 40.0 Å². The Morgan fingerprint density at radius 1 is 1.53 bits per heavy atom. The molecule has 2 bridgehead atoms. The smallest absolute Gasteiger partial charge is 0.143 e. The maximum Gasteiger partial charge on any atom is 0.143 e. The van der Waals surface area contributed by atoms with Crippen LogP contribution in [0.25, 0.3) is 0 Å². The first-order chi connectivity index (χ1) is 8.83. The topological polar surface area (TPSA) is 53.2 Å². The molecule has 2 saturated carbocycles. The average Bonchev–Trinajstić information content (AvgIpc) is 2.66. The molecule has 19 heavy (non-hydrogen) atoms. The van der Waals surface area contributed by atoms with Gasteiger partial charge in [0, 0.05) is 0 Å². The molecule has 2 fully saturated rings. The van der Waals surface area contributed by atoms with Crippen LogP contribution >= 0.6 is 23.4 Å². The Morgan fingerprint density at radius 2 is 2.21 bits per heavy atom. The lowest BCUT2D eigenvalue weighted by atomic mass is 9.70. The van der Waals surface area contributed by atoms with E-state index in [-0.39, 0.29) is 16.8 Å². The summed E-state index contributed by atoms with van der Waals surface area (Å²) in [4.78, 5) is 0. The zero-order chi connectivity index (χ0) is 14.3. The highest BCUT2D eigenvalue weighted by Gasteiger charge is 2.61. The van der Waals surface area contributed by atoms with Crippen molar-refractivity contribution >= 4 is 23.4 Å². The third kappa shape index (κ3) is 2.51. The summed E-state index contributed by atoms with van der Waals surface area (Å²) in [6, 6.07) is 0. The number of nitrogens with zero attached hydrogens (tertiary/aromatic N) is 1. The van der Waals surface area contributed by atoms with Crippen LogP contribution in [0.15, 0.2) is 0 Å². The van der Waals surface area contributed by atoms with Crippen LogP contribution < -0.4 is 0 Å². The molecule has 0 aromatic rings. The first kappa shape index (κ1) is 15.4. The Balaban J connectivity index is 1.97. The molecule has 1 N–H and O–H groups in total. The van der Waals surface area contributed by atoms with E-state index in [0.717, 1.165) is 24.1 Å². The van der Waals surface area contributed by atoms with E-state index in [2.05, 4.69) is 20.8 Å². The summed E-state index contributed by atoms with van der Waals surface area (Å²) >= 11 is 6.67. The molecule has 0 saturated heterocycles. The van der Waals surface area contributed by atoms with E-state index >= 15 is 0 Å². The van der Waals surface area contributed by atoms with Crippen LogP contribution in [-0.2, 0) is 4.74 Å². The molecule has 5 heteroatoms. The molecule has 0 aromatic heterocycles. The van der Waals surface area contributed by atoms with Gasteiger partial charge in [0.2, 0.25) is 0 Å². The number of thioether (sulfide) groups is 1. The molecular weight excluding hydrogens is 282 g/mol. The van der Waals surface area contributed by atoms with Crippen molar-refractivity contribution in [3.05, 3.63) is 0 Å². The number of ether oxygens (including phenoxy) is 1. The maximum absolute atomic E-state index is 9.43. The summed E-state index contributed by atoms with van der Waals surface area (Å²) < 4.78 is 6.04. The summed E-state index contributed by atoms with van der Waals surface area (Å²) in [6.45, 7) is 7.33. The van der Waals surface area contributed by atoms with Crippen LogP contribution in [0.5, 0.6) is 0 Å². The lowest BCUT2D eigenvalue weighted by molar-refractivity contribution is -0.0493. The summed E-state index contributed by atoms with van der Waals surface area (Å²) in [6.07, 6.45) is 3.80. The Labute approximate surface area is 124 Å². The molecule has 5 unspecified atom stereocenters. The minimum atomic E-state index is -1.04. The molecule has 2 rings (SSSR count). The molecular formula is C14H22ClNO2S. The molecule has 108 valence electrons. The number of hydrogen-bond acceptors (Lipinski definition) is 4. The SMILES string of the molecule is CC1(C)C2CCC1(C)C(OCC(SC#N)C(O)Cl)C2.